The van der Waals surface area contributed by atoms with E-state index in [1.807, 2.05) is 79.4 Å². The largest absolute Gasteiger partial charge is 0.444 e. The third-order valence-corrected chi connectivity index (χ3v) is 8.42. The van der Waals surface area contributed by atoms with Gasteiger partial charge in [-0.1, -0.05) is 74.5 Å². The number of ether oxygens (including phenoxy) is 1. The van der Waals surface area contributed by atoms with Gasteiger partial charge < -0.3 is 30.3 Å². The highest BCUT2D eigenvalue weighted by Crippen LogP contribution is 2.22. The van der Waals surface area contributed by atoms with Crippen molar-refractivity contribution in [1.29, 1.82) is 0 Å². The summed E-state index contributed by atoms with van der Waals surface area (Å²) in [4.78, 5) is 44.6. The summed E-state index contributed by atoms with van der Waals surface area (Å²) >= 11 is 0. The lowest BCUT2D eigenvalue weighted by atomic mass is 9.88. The van der Waals surface area contributed by atoms with Gasteiger partial charge in [-0.05, 0) is 84.0 Å². The van der Waals surface area contributed by atoms with Crippen LogP contribution in [0, 0.1) is 11.8 Å². The Bertz CT molecular complexity index is 1210. The van der Waals surface area contributed by atoms with Crippen LogP contribution in [0.25, 0.3) is 0 Å². The van der Waals surface area contributed by atoms with E-state index in [-0.39, 0.29) is 24.2 Å². The number of amides is 3. The van der Waals surface area contributed by atoms with Gasteiger partial charge in [-0.3, -0.25) is 9.59 Å². The number of likely N-dealkylation sites (tertiary alicyclic amines) is 1. The minimum atomic E-state index is -1.06. The molecule has 9 nitrogen and oxygen atoms in total. The minimum absolute atomic E-state index is 0.0666. The van der Waals surface area contributed by atoms with Crippen LogP contribution in [0.15, 0.2) is 60.7 Å². The van der Waals surface area contributed by atoms with E-state index in [0.29, 0.717) is 32.0 Å². The summed E-state index contributed by atoms with van der Waals surface area (Å²) in [5.74, 6) is -1.11. The zero-order valence-electron chi connectivity index (χ0n) is 28.2. The molecule has 0 aromatic heterocycles. The Balaban J connectivity index is 1.81. The van der Waals surface area contributed by atoms with Gasteiger partial charge in [-0.2, -0.15) is 0 Å². The van der Waals surface area contributed by atoms with Crippen molar-refractivity contribution in [3.63, 3.8) is 0 Å². The summed E-state index contributed by atoms with van der Waals surface area (Å²) in [6, 6.07) is 18.3. The Morgan fingerprint density at radius 1 is 0.911 bits per heavy atom. The Morgan fingerprint density at radius 3 is 1.93 bits per heavy atom. The van der Waals surface area contributed by atoms with Crippen LogP contribution in [-0.2, 0) is 27.2 Å². The highest BCUT2D eigenvalue weighted by Gasteiger charge is 2.35. The molecule has 3 amide bonds. The number of alkyl carbamates (subject to hydrolysis) is 1. The third-order valence-electron chi connectivity index (χ3n) is 8.42. The van der Waals surface area contributed by atoms with Gasteiger partial charge in [0, 0.05) is 25.0 Å². The molecular weight excluding hydrogens is 568 g/mol. The normalized spacial score (nSPS) is 17.0. The second-order valence-electron chi connectivity index (χ2n) is 13.9. The smallest absolute Gasteiger partial charge is 0.407 e. The molecule has 3 rings (SSSR count). The minimum Gasteiger partial charge on any atom is -0.444 e. The van der Waals surface area contributed by atoms with E-state index in [1.54, 1.807) is 20.8 Å². The van der Waals surface area contributed by atoms with E-state index >= 15 is 0 Å². The summed E-state index contributed by atoms with van der Waals surface area (Å²) in [6.45, 7) is 10.5. The van der Waals surface area contributed by atoms with Crippen molar-refractivity contribution >= 4 is 17.9 Å². The summed E-state index contributed by atoms with van der Waals surface area (Å²) in [7, 11) is 4.13. The molecule has 0 radical (unpaired) electrons. The van der Waals surface area contributed by atoms with E-state index in [1.165, 1.54) is 0 Å². The molecule has 0 aliphatic carbocycles. The molecule has 0 spiro atoms. The lowest BCUT2D eigenvalue weighted by molar-refractivity contribution is -0.140. The fourth-order valence-corrected chi connectivity index (χ4v) is 5.83. The van der Waals surface area contributed by atoms with E-state index in [0.717, 1.165) is 24.0 Å². The lowest BCUT2D eigenvalue weighted by Crippen LogP contribution is -2.55. The van der Waals surface area contributed by atoms with Crippen LogP contribution < -0.4 is 10.6 Å². The topological polar surface area (TPSA) is 111 Å². The molecule has 1 aliphatic heterocycles. The number of aliphatic hydroxyl groups is 1. The van der Waals surface area contributed by atoms with Crippen LogP contribution in [0.2, 0.25) is 0 Å². The highest BCUT2D eigenvalue weighted by molar-refractivity contribution is 5.89. The van der Waals surface area contributed by atoms with Crippen molar-refractivity contribution < 1.29 is 24.2 Å². The number of carbonyl (C=O) groups excluding carboxylic acids is 3. The maximum absolute atomic E-state index is 14.0. The SMILES string of the molecule is CC(C)[C@H](NC(=O)[C@@H](Cc1ccccc1)C[C@H](O)[C@@H](Cc1ccccc1)NC(=O)OC(C)(C)C)C(=O)N1CCC(N(C)C)CC1. The van der Waals surface area contributed by atoms with Gasteiger partial charge >= 0.3 is 6.09 Å². The number of rotatable bonds is 13. The number of hydrogen-bond donors (Lipinski definition) is 3. The molecule has 45 heavy (non-hydrogen) atoms. The van der Waals surface area contributed by atoms with E-state index in [4.69, 9.17) is 4.74 Å². The average Bonchev–Trinajstić information content (AvgIpc) is 2.98. The highest BCUT2D eigenvalue weighted by atomic mass is 16.6. The first-order valence-electron chi connectivity index (χ1n) is 16.2. The maximum Gasteiger partial charge on any atom is 0.407 e. The molecule has 248 valence electrons. The molecule has 0 saturated carbocycles. The van der Waals surface area contributed by atoms with Crippen molar-refractivity contribution in [1.82, 2.24) is 20.4 Å². The number of benzene rings is 2. The lowest BCUT2D eigenvalue weighted by Gasteiger charge is -2.38. The van der Waals surface area contributed by atoms with Gasteiger partial charge in [0.25, 0.3) is 0 Å². The van der Waals surface area contributed by atoms with Gasteiger partial charge in [0.1, 0.15) is 11.6 Å². The van der Waals surface area contributed by atoms with E-state index in [9.17, 15) is 19.5 Å². The number of nitrogens with zero attached hydrogens (tertiary/aromatic N) is 2. The molecule has 0 bridgehead atoms. The Hall–Kier alpha value is -3.43. The summed E-state index contributed by atoms with van der Waals surface area (Å²) in [5.41, 5.74) is 1.18. The van der Waals surface area contributed by atoms with Gasteiger partial charge in [-0.25, -0.2) is 4.79 Å². The zero-order valence-corrected chi connectivity index (χ0v) is 28.2. The molecule has 1 saturated heterocycles. The maximum atomic E-state index is 14.0. The van der Waals surface area contributed by atoms with Crippen LogP contribution in [-0.4, -0.2) is 89.8 Å². The Labute approximate surface area is 269 Å². The fourth-order valence-electron chi connectivity index (χ4n) is 5.83. The molecule has 2 aromatic rings. The predicted octanol–water partition coefficient (Wildman–Crippen LogP) is 4.43. The summed E-state index contributed by atoms with van der Waals surface area (Å²) in [6.07, 6.45) is 0.923. The quantitative estimate of drug-likeness (QED) is 0.305. The standard InChI is InChI=1S/C36H54N4O5/c1-25(2)32(34(43)40-20-18-29(19-21-40)39(6)7)38-33(42)28(22-26-14-10-8-11-15-26)24-31(41)30(23-27-16-12-9-13-17-27)37-35(44)45-36(3,4)5/h8-17,25,28-32,41H,18-24H2,1-7H3,(H,37,44)(H,38,42)/t28-,30+,31-,32-/m0/s1. The van der Waals surface area contributed by atoms with Crippen molar-refractivity contribution in [3.05, 3.63) is 71.8 Å². The molecule has 0 unspecified atom stereocenters. The molecule has 2 aromatic carbocycles. The van der Waals surface area contributed by atoms with Crippen LogP contribution >= 0.6 is 0 Å². The van der Waals surface area contributed by atoms with Gasteiger partial charge in [0.15, 0.2) is 0 Å². The first-order valence-corrected chi connectivity index (χ1v) is 16.2. The summed E-state index contributed by atoms with van der Waals surface area (Å²) < 4.78 is 5.50. The van der Waals surface area contributed by atoms with Crippen molar-refractivity contribution in [3.8, 4) is 0 Å². The van der Waals surface area contributed by atoms with Gasteiger partial charge in [0.05, 0.1) is 12.1 Å². The third kappa shape index (κ3) is 11.8. The molecule has 1 heterocycles. The Morgan fingerprint density at radius 2 is 1.44 bits per heavy atom. The first kappa shape index (κ1) is 36.0. The van der Waals surface area contributed by atoms with Crippen molar-refractivity contribution in [2.75, 3.05) is 27.2 Å². The van der Waals surface area contributed by atoms with Crippen molar-refractivity contribution in [2.45, 2.75) is 96.6 Å². The number of hydrogen-bond acceptors (Lipinski definition) is 6. The predicted molar refractivity (Wildman–Crippen MR) is 178 cm³/mol. The fraction of sp³-hybridized carbons (Fsp3) is 0.583. The van der Waals surface area contributed by atoms with Crippen molar-refractivity contribution in [2.24, 2.45) is 11.8 Å². The molecule has 4 atom stereocenters. The van der Waals surface area contributed by atoms with E-state index in [2.05, 4.69) is 29.6 Å². The molecular formula is C36H54N4O5. The van der Waals surface area contributed by atoms with Crippen LogP contribution in [0.5, 0.6) is 0 Å². The molecule has 9 heteroatoms. The average molecular weight is 623 g/mol. The number of carbonyl (C=O) groups is 3. The van der Waals surface area contributed by atoms with Crippen LogP contribution in [0.4, 0.5) is 4.79 Å². The van der Waals surface area contributed by atoms with Gasteiger partial charge in [-0.15, -0.1) is 0 Å². The number of piperidine rings is 1. The molecule has 1 fully saturated rings. The van der Waals surface area contributed by atoms with Crippen LogP contribution in [0.3, 0.4) is 0 Å². The van der Waals surface area contributed by atoms with E-state index < -0.39 is 35.8 Å². The number of nitrogens with one attached hydrogen (secondary N) is 2. The molecule has 1 aliphatic rings. The second-order valence-corrected chi connectivity index (χ2v) is 13.9. The second kappa shape index (κ2) is 16.8. The summed E-state index contributed by atoms with van der Waals surface area (Å²) in [5, 5.41) is 17.5. The molecule has 3 N–H and O–H groups in total. The number of aliphatic hydroxyl groups excluding tert-OH is 1. The monoisotopic (exact) mass is 622 g/mol. The van der Waals surface area contributed by atoms with Crippen LogP contribution in [0.1, 0.15) is 65.0 Å². The first-order chi connectivity index (χ1) is 21.2. The zero-order chi connectivity index (χ0) is 33.1. The Kier molecular flexibility index (Phi) is 13.4. The van der Waals surface area contributed by atoms with Gasteiger partial charge in [0.2, 0.25) is 11.8 Å².